The number of rotatable bonds is 8. The summed E-state index contributed by atoms with van der Waals surface area (Å²) >= 11 is 5.90. The smallest absolute Gasteiger partial charge is 0.335 e. The zero-order chi connectivity index (χ0) is 32.0. The van der Waals surface area contributed by atoms with Gasteiger partial charge in [-0.25, -0.2) is 32.3 Å². The fraction of sp³-hybridized carbons (Fsp3) is 0.250. The number of aromatic nitrogens is 4. The Kier molecular flexibility index (Phi) is 7.96. The number of carboxylic acid groups (broad SMARTS) is 1. The number of ether oxygens (including phenoxy) is 2. The molecule has 0 aliphatic carbocycles. The minimum absolute atomic E-state index is 0.0138. The predicted molar refractivity (Wildman–Crippen MR) is 156 cm³/mol. The van der Waals surface area contributed by atoms with E-state index in [1.807, 2.05) is 13.8 Å². The number of benzene rings is 3. The van der Waals surface area contributed by atoms with Gasteiger partial charge in [-0.05, 0) is 42.0 Å². The van der Waals surface area contributed by atoms with Crippen LogP contribution in [-0.2, 0) is 17.8 Å². The van der Waals surface area contributed by atoms with Crippen LogP contribution in [0.25, 0.3) is 22.3 Å². The van der Waals surface area contributed by atoms with E-state index in [2.05, 4.69) is 15.0 Å². The maximum absolute atomic E-state index is 15.6. The highest BCUT2D eigenvalue weighted by molar-refractivity contribution is 6.30. The number of aromatic carboxylic acids is 1. The number of halogens is 5. The number of carboxylic acids is 1. The molecule has 0 radical (unpaired) electrons. The number of fused-ring (bicyclic) bond motifs is 1. The third-order valence-corrected chi connectivity index (χ3v) is 8.06. The number of imidazole rings is 1. The van der Waals surface area contributed by atoms with E-state index in [1.54, 1.807) is 24.3 Å². The van der Waals surface area contributed by atoms with Crippen LogP contribution in [0.5, 0.6) is 6.01 Å². The highest BCUT2D eigenvalue weighted by atomic mass is 35.5. The quantitative estimate of drug-likeness (QED) is 0.142. The van der Waals surface area contributed by atoms with Crippen LogP contribution in [-0.4, -0.2) is 43.8 Å². The van der Waals surface area contributed by atoms with Crippen molar-refractivity contribution in [3.05, 3.63) is 106 Å². The molecule has 1 aliphatic heterocycles. The minimum atomic E-state index is -1.47. The molecule has 13 heteroatoms. The molecular weight excluding hydrogens is 616 g/mol. The second-order valence-electron chi connectivity index (χ2n) is 11.4. The lowest BCUT2D eigenvalue weighted by Crippen LogP contribution is -2.27. The molecule has 2 aromatic heterocycles. The third-order valence-electron chi connectivity index (χ3n) is 7.81. The Bertz CT molecular complexity index is 1950. The van der Waals surface area contributed by atoms with Gasteiger partial charge in [0, 0.05) is 34.2 Å². The molecule has 6 rings (SSSR count). The number of hydrogen-bond acceptors (Lipinski definition) is 6. The van der Waals surface area contributed by atoms with Crippen molar-refractivity contribution >= 4 is 28.6 Å². The lowest BCUT2D eigenvalue weighted by atomic mass is 9.87. The molecule has 1 N–H and O–H groups in total. The Hall–Kier alpha value is -4.55. The van der Waals surface area contributed by atoms with Crippen molar-refractivity contribution in [2.24, 2.45) is 5.41 Å². The van der Waals surface area contributed by atoms with Crippen LogP contribution >= 0.6 is 11.6 Å². The van der Waals surface area contributed by atoms with Crippen LogP contribution < -0.4 is 4.74 Å². The normalized spacial score (nSPS) is 15.9. The van der Waals surface area contributed by atoms with E-state index in [1.165, 1.54) is 22.9 Å². The van der Waals surface area contributed by atoms with Gasteiger partial charge >= 0.3 is 12.0 Å². The van der Waals surface area contributed by atoms with Gasteiger partial charge < -0.3 is 19.1 Å². The van der Waals surface area contributed by atoms with Crippen molar-refractivity contribution in [3.63, 3.8) is 0 Å². The molecule has 45 heavy (non-hydrogen) atoms. The molecule has 232 valence electrons. The lowest BCUT2D eigenvalue weighted by Gasteiger charge is -2.28. The van der Waals surface area contributed by atoms with Gasteiger partial charge in [-0.1, -0.05) is 37.6 Å². The van der Waals surface area contributed by atoms with E-state index < -0.39 is 58.2 Å². The van der Waals surface area contributed by atoms with Gasteiger partial charge in [0.05, 0.1) is 36.0 Å². The van der Waals surface area contributed by atoms with E-state index in [0.717, 1.165) is 17.7 Å². The van der Waals surface area contributed by atoms with E-state index >= 15 is 17.6 Å². The summed E-state index contributed by atoms with van der Waals surface area (Å²) in [5.41, 5.74) is -1.35. The van der Waals surface area contributed by atoms with Gasteiger partial charge in [-0.2, -0.15) is 4.98 Å². The average Bonchev–Trinajstić information content (AvgIpc) is 3.55. The Balaban J connectivity index is 1.37. The molecule has 8 nitrogen and oxygen atoms in total. The van der Waals surface area contributed by atoms with Crippen LogP contribution in [0, 0.1) is 28.7 Å². The molecule has 0 unspecified atom stereocenters. The van der Waals surface area contributed by atoms with Crippen molar-refractivity contribution in [1.29, 1.82) is 0 Å². The Morgan fingerprint density at radius 1 is 1.07 bits per heavy atom. The Labute approximate surface area is 259 Å². The Morgan fingerprint density at radius 2 is 1.82 bits per heavy atom. The summed E-state index contributed by atoms with van der Waals surface area (Å²) in [4.78, 5) is 24.1. The standard InChI is InChI=1S/C32H25ClF4N4O4/c1-32(2)15-44-14-25(32)41-24-10-17(30(42)43)9-22(35)29(24)40-26(41)12-19-21(34)11-20(28(37)27(19)36)23-7-8-38-31(39-23)45-13-16-3-5-18(33)6-4-16/h3-11,25H,12-15H2,1-2H3,(H,42,43)/t25-/m1/s1. The first-order valence-electron chi connectivity index (χ1n) is 13.8. The molecular formula is C32H25ClF4N4O4. The van der Waals surface area contributed by atoms with E-state index in [-0.39, 0.29) is 47.3 Å². The summed E-state index contributed by atoms with van der Waals surface area (Å²) in [7, 11) is 0. The molecule has 3 aromatic carbocycles. The molecule has 0 saturated carbocycles. The Morgan fingerprint density at radius 3 is 2.51 bits per heavy atom. The summed E-state index contributed by atoms with van der Waals surface area (Å²) in [6, 6.07) is 10.4. The second-order valence-corrected chi connectivity index (χ2v) is 11.8. The molecule has 1 fully saturated rings. The van der Waals surface area contributed by atoms with Crippen LogP contribution in [0.3, 0.4) is 0 Å². The van der Waals surface area contributed by atoms with E-state index in [4.69, 9.17) is 21.1 Å². The van der Waals surface area contributed by atoms with Crippen molar-refractivity contribution in [1.82, 2.24) is 19.5 Å². The summed E-state index contributed by atoms with van der Waals surface area (Å²) in [6.07, 6.45) is 0.716. The fourth-order valence-corrected chi connectivity index (χ4v) is 5.53. The monoisotopic (exact) mass is 640 g/mol. The predicted octanol–water partition coefficient (Wildman–Crippen LogP) is 7.17. The number of carbonyl (C=O) groups is 1. The van der Waals surface area contributed by atoms with Crippen molar-refractivity contribution in [3.8, 4) is 17.3 Å². The second kappa shape index (κ2) is 11.8. The van der Waals surface area contributed by atoms with Gasteiger partial charge in [0.2, 0.25) is 0 Å². The molecule has 1 aliphatic rings. The van der Waals surface area contributed by atoms with Gasteiger partial charge in [0.15, 0.2) is 17.5 Å². The van der Waals surface area contributed by atoms with Crippen molar-refractivity contribution in [2.75, 3.05) is 13.2 Å². The molecule has 1 saturated heterocycles. The highest BCUT2D eigenvalue weighted by Crippen LogP contribution is 2.41. The SMILES string of the molecule is CC1(C)COC[C@H]1n1c(Cc2c(F)cc(-c3ccnc(OCc4ccc(Cl)cc4)n3)c(F)c2F)nc2c(F)cc(C(=O)O)cc21. The highest BCUT2D eigenvalue weighted by Gasteiger charge is 2.39. The zero-order valence-electron chi connectivity index (χ0n) is 24.0. The zero-order valence-corrected chi connectivity index (χ0v) is 24.7. The lowest BCUT2D eigenvalue weighted by molar-refractivity contribution is 0.0696. The minimum Gasteiger partial charge on any atom is -0.478 e. The molecule has 3 heterocycles. The maximum atomic E-state index is 15.6. The van der Waals surface area contributed by atoms with Gasteiger partial charge in [-0.3, -0.25) is 0 Å². The molecule has 0 spiro atoms. The van der Waals surface area contributed by atoms with Crippen molar-refractivity contribution in [2.45, 2.75) is 32.9 Å². The van der Waals surface area contributed by atoms with Crippen LogP contribution in [0.4, 0.5) is 17.6 Å². The molecule has 0 bridgehead atoms. The van der Waals surface area contributed by atoms with Crippen LogP contribution in [0.2, 0.25) is 5.02 Å². The summed E-state index contributed by atoms with van der Waals surface area (Å²) in [6.45, 7) is 4.35. The van der Waals surface area contributed by atoms with Crippen LogP contribution in [0.1, 0.15) is 47.2 Å². The molecule has 5 aromatic rings. The van der Waals surface area contributed by atoms with E-state index in [9.17, 15) is 9.90 Å². The topological polar surface area (TPSA) is 99.4 Å². The third kappa shape index (κ3) is 5.83. The van der Waals surface area contributed by atoms with E-state index in [0.29, 0.717) is 11.6 Å². The first-order valence-corrected chi connectivity index (χ1v) is 14.2. The first kappa shape index (κ1) is 30.5. The van der Waals surface area contributed by atoms with Gasteiger partial charge in [0.25, 0.3) is 0 Å². The first-order chi connectivity index (χ1) is 21.4. The number of hydrogen-bond donors (Lipinski definition) is 1. The average molecular weight is 641 g/mol. The maximum Gasteiger partial charge on any atom is 0.335 e. The fourth-order valence-electron chi connectivity index (χ4n) is 5.40. The van der Waals surface area contributed by atoms with Crippen molar-refractivity contribution < 1.29 is 36.9 Å². The van der Waals surface area contributed by atoms with Gasteiger partial charge in [0.1, 0.15) is 23.8 Å². The summed E-state index contributed by atoms with van der Waals surface area (Å²) in [5, 5.41) is 10.1. The number of nitrogens with zero attached hydrogens (tertiary/aromatic N) is 4. The molecule has 1 atom stereocenters. The van der Waals surface area contributed by atoms with Crippen LogP contribution in [0.15, 0.2) is 54.7 Å². The van der Waals surface area contributed by atoms with Gasteiger partial charge in [-0.15, -0.1) is 0 Å². The summed E-state index contributed by atoms with van der Waals surface area (Å²) in [5.74, 6) is -6.18. The largest absolute Gasteiger partial charge is 0.478 e. The summed E-state index contributed by atoms with van der Waals surface area (Å²) < 4.78 is 74.7. The molecule has 0 amide bonds.